The van der Waals surface area contributed by atoms with Crippen LogP contribution in [0.5, 0.6) is 0 Å². The lowest BCUT2D eigenvalue weighted by atomic mass is 9.61. The lowest BCUT2D eigenvalue weighted by molar-refractivity contribution is 0.393. The molecular formula is C29H28. The van der Waals surface area contributed by atoms with E-state index in [0.717, 1.165) is 6.42 Å². The van der Waals surface area contributed by atoms with Gasteiger partial charge in [-0.2, -0.15) is 0 Å². The van der Waals surface area contributed by atoms with E-state index in [2.05, 4.69) is 135 Å². The monoisotopic (exact) mass is 376 g/mol. The van der Waals surface area contributed by atoms with Crippen LogP contribution in [0.3, 0.4) is 0 Å². The molecule has 4 rings (SSSR count). The fourth-order valence-corrected chi connectivity index (χ4v) is 4.67. The molecule has 0 heteroatoms. The molecule has 4 aromatic rings. The van der Waals surface area contributed by atoms with Crippen molar-refractivity contribution in [3.05, 3.63) is 144 Å². The lowest BCUT2D eigenvalue weighted by Gasteiger charge is -2.41. The van der Waals surface area contributed by atoms with Gasteiger partial charge in [-0.1, -0.05) is 135 Å². The summed E-state index contributed by atoms with van der Waals surface area (Å²) in [5, 5.41) is 0. The number of benzene rings is 4. The largest absolute Gasteiger partial charge is 0.0622 e. The summed E-state index contributed by atoms with van der Waals surface area (Å²) in [4.78, 5) is 0. The first-order chi connectivity index (χ1) is 14.1. The first-order valence-electron chi connectivity index (χ1n) is 10.3. The molecule has 0 amide bonds. The van der Waals surface area contributed by atoms with Gasteiger partial charge in [0.15, 0.2) is 0 Å². The molecule has 0 N–H and O–H groups in total. The molecule has 0 spiro atoms. The van der Waals surface area contributed by atoms with Crippen molar-refractivity contribution in [2.24, 2.45) is 0 Å². The normalized spacial score (nSPS) is 11.9. The van der Waals surface area contributed by atoms with Crippen LogP contribution in [0.1, 0.15) is 42.5 Å². The third-order valence-electron chi connectivity index (χ3n) is 6.35. The molecule has 0 aliphatic carbocycles. The van der Waals surface area contributed by atoms with E-state index in [0.29, 0.717) is 0 Å². The first-order valence-corrected chi connectivity index (χ1v) is 10.3. The van der Waals surface area contributed by atoms with Crippen molar-refractivity contribution in [3.63, 3.8) is 0 Å². The Hall–Kier alpha value is -3.12. The molecule has 0 unspecified atom stereocenters. The Labute approximate surface area is 174 Å². The Bertz CT molecular complexity index is 852. The van der Waals surface area contributed by atoms with Gasteiger partial charge in [0, 0.05) is 10.8 Å². The summed E-state index contributed by atoms with van der Waals surface area (Å²) in [6, 6.07) is 43.8. The number of hydrogen-bond acceptors (Lipinski definition) is 0. The van der Waals surface area contributed by atoms with E-state index in [1.165, 1.54) is 22.3 Å². The molecule has 0 aliphatic heterocycles. The van der Waals surface area contributed by atoms with Crippen molar-refractivity contribution >= 4 is 0 Å². The molecule has 0 saturated carbocycles. The minimum atomic E-state index is -0.122. The van der Waals surface area contributed by atoms with E-state index < -0.39 is 0 Å². The summed E-state index contributed by atoms with van der Waals surface area (Å²) in [6.07, 6.45) is 0.974. The van der Waals surface area contributed by atoms with Crippen LogP contribution in [-0.2, 0) is 10.8 Å². The van der Waals surface area contributed by atoms with Crippen LogP contribution in [0.25, 0.3) is 0 Å². The van der Waals surface area contributed by atoms with Crippen molar-refractivity contribution in [2.45, 2.75) is 31.1 Å². The van der Waals surface area contributed by atoms with Crippen LogP contribution in [0, 0.1) is 0 Å². The molecule has 144 valence electrons. The Morgan fingerprint density at radius 3 is 0.793 bits per heavy atom. The minimum absolute atomic E-state index is 0.122. The summed E-state index contributed by atoms with van der Waals surface area (Å²) in [6.45, 7) is 4.78. The molecule has 0 heterocycles. The average molecular weight is 377 g/mol. The van der Waals surface area contributed by atoms with Gasteiger partial charge in [0.1, 0.15) is 0 Å². The van der Waals surface area contributed by atoms with Crippen LogP contribution in [0.2, 0.25) is 0 Å². The van der Waals surface area contributed by atoms with E-state index >= 15 is 0 Å². The van der Waals surface area contributed by atoms with Crippen molar-refractivity contribution in [3.8, 4) is 0 Å². The number of hydrogen-bond donors (Lipinski definition) is 0. The van der Waals surface area contributed by atoms with Gasteiger partial charge in [0.05, 0.1) is 0 Å². The van der Waals surface area contributed by atoms with Crippen LogP contribution < -0.4 is 0 Å². The average Bonchev–Trinajstić information content (AvgIpc) is 2.81. The highest BCUT2D eigenvalue weighted by molar-refractivity contribution is 5.45. The molecule has 0 saturated heterocycles. The van der Waals surface area contributed by atoms with Gasteiger partial charge < -0.3 is 0 Å². The second-order valence-corrected chi connectivity index (χ2v) is 8.31. The quantitative estimate of drug-likeness (QED) is 0.329. The van der Waals surface area contributed by atoms with Crippen molar-refractivity contribution in [1.82, 2.24) is 0 Å². The van der Waals surface area contributed by atoms with Crippen molar-refractivity contribution in [2.75, 3.05) is 0 Å². The highest BCUT2D eigenvalue weighted by atomic mass is 14.4. The zero-order chi connectivity index (χ0) is 20.2. The van der Waals surface area contributed by atoms with Gasteiger partial charge >= 0.3 is 0 Å². The topological polar surface area (TPSA) is 0 Å². The van der Waals surface area contributed by atoms with Gasteiger partial charge in [0.2, 0.25) is 0 Å². The Morgan fingerprint density at radius 2 is 0.586 bits per heavy atom. The molecule has 0 aliphatic rings. The third-order valence-corrected chi connectivity index (χ3v) is 6.35. The summed E-state index contributed by atoms with van der Waals surface area (Å²) in [5.41, 5.74) is 5.16. The summed E-state index contributed by atoms with van der Waals surface area (Å²) >= 11 is 0. The van der Waals surface area contributed by atoms with Crippen LogP contribution in [0.4, 0.5) is 0 Å². The van der Waals surface area contributed by atoms with Crippen LogP contribution in [0.15, 0.2) is 121 Å². The Morgan fingerprint density at radius 1 is 0.379 bits per heavy atom. The van der Waals surface area contributed by atoms with Crippen LogP contribution in [-0.4, -0.2) is 0 Å². The van der Waals surface area contributed by atoms with E-state index in [4.69, 9.17) is 0 Å². The molecule has 29 heavy (non-hydrogen) atoms. The van der Waals surface area contributed by atoms with Gasteiger partial charge in [-0.25, -0.2) is 0 Å². The number of rotatable bonds is 6. The van der Waals surface area contributed by atoms with E-state index in [9.17, 15) is 0 Å². The smallest absolute Gasteiger partial charge is 0.0186 e. The van der Waals surface area contributed by atoms with Crippen molar-refractivity contribution < 1.29 is 0 Å². The van der Waals surface area contributed by atoms with Crippen LogP contribution >= 0.6 is 0 Å². The lowest BCUT2D eigenvalue weighted by Crippen LogP contribution is -2.36. The fraction of sp³-hybridized carbons (Fsp3) is 0.172. The maximum Gasteiger partial charge on any atom is 0.0186 e. The molecular weight excluding hydrogens is 348 g/mol. The highest BCUT2D eigenvalue weighted by Gasteiger charge is 2.39. The van der Waals surface area contributed by atoms with Crippen molar-refractivity contribution in [1.29, 1.82) is 0 Å². The summed E-state index contributed by atoms with van der Waals surface area (Å²) < 4.78 is 0. The maximum absolute atomic E-state index is 2.39. The van der Waals surface area contributed by atoms with E-state index in [1.54, 1.807) is 0 Å². The zero-order valence-corrected chi connectivity index (χ0v) is 17.3. The Balaban J connectivity index is 1.91. The first kappa shape index (κ1) is 19.2. The Kier molecular flexibility index (Phi) is 5.36. The van der Waals surface area contributed by atoms with Gasteiger partial charge in [-0.15, -0.1) is 0 Å². The predicted octanol–water partition coefficient (Wildman–Crippen LogP) is 7.39. The molecule has 0 radical (unpaired) electrons. The maximum atomic E-state index is 2.39. The minimum Gasteiger partial charge on any atom is -0.0622 e. The van der Waals surface area contributed by atoms with Gasteiger partial charge in [-0.05, 0) is 28.7 Å². The molecule has 0 fully saturated rings. The van der Waals surface area contributed by atoms with E-state index in [1.807, 2.05) is 0 Å². The predicted molar refractivity (Wildman–Crippen MR) is 123 cm³/mol. The van der Waals surface area contributed by atoms with Gasteiger partial charge in [-0.3, -0.25) is 0 Å². The molecule has 0 nitrogen and oxygen atoms in total. The second kappa shape index (κ2) is 8.09. The zero-order valence-electron chi connectivity index (χ0n) is 17.3. The molecule has 0 aromatic heterocycles. The molecule has 4 aromatic carbocycles. The SMILES string of the molecule is CC(CC(C)(c1ccccc1)c1ccccc1)(c1ccccc1)c1ccccc1. The highest BCUT2D eigenvalue weighted by Crippen LogP contribution is 2.46. The fourth-order valence-electron chi connectivity index (χ4n) is 4.67. The molecule has 0 atom stereocenters. The third kappa shape index (κ3) is 3.76. The van der Waals surface area contributed by atoms with E-state index in [-0.39, 0.29) is 10.8 Å². The summed E-state index contributed by atoms with van der Waals surface area (Å²) in [7, 11) is 0. The standard InChI is InChI=1S/C29H28/c1-28(24-15-7-3-8-16-24,25-17-9-4-10-18-25)23-29(2,26-19-11-5-12-20-26)27-21-13-6-14-22-27/h3-22H,23H2,1-2H3. The molecule has 0 bridgehead atoms. The van der Waals surface area contributed by atoms with Gasteiger partial charge in [0.25, 0.3) is 0 Å². The second-order valence-electron chi connectivity index (χ2n) is 8.31. The summed E-state index contributed by atoms with van der Waals surface area (Å²) in [5.74, 6) is 0.